The van der Waals surface area contributed by atoms with Crippen molar-refractivity contribution in [3.8, 4) is 5.69 Å². The van der Waals surface area contributed by atoms with Crippen molar-refractivity contribution in [2.45, 2.75) is 31.2 Å². The molecule has 2 aliphatic heterocycles. The number of hydrogen-bond donors (Lipinski definition) is 2. The smallest absolute Gasteiger partial charge is 0.266 e. The molecule has 1 unspecified atom stereocenters. The van der Waals surface area contributed by atoms with E-state index in [0.717, 1.165) is 0 Å². The fraction of sp³-hybridized carbons (Fsp3) is 0.438. The molecule has 1 aromatic carbocycles. The van der Waals surface area contributed by atoms with Gasteiger partial charge in [-0.15, -0.1) is 0 Å². The number of carbonyl (C=O) groups is 1. The molecule has 1 atom stereocenters. The summed E-state index contributed by atoms with van der Waals surface area (Å²) in [6, 6.07) is 4.63. The third-order valence-electron chi connectivity index (χ3n) is 5.10. The number of likely N-dealkylation sites (tertiary alicyclic amines) is 1. The molecule has 138 valence electrons. The summed E-state index contributed by atoms with van der Waals surface area (Å²) in [6.07, 6.45) is 1.98. The van der Waals surface area contributed by atoms with Crippen LogP contribution >= 0.6 is 0 Å². The second kappa shape index (κ2) is 5.52. The largest absolute Gasteiger partial charge is 0.338 e. The highest BCUT2D eigenvalue weighted by molar-refractivity contribution is 7.93. The molecule has 3 N–H and O–H groups in total. The van der Waals surface area contributed by atoms with Crippen molar-refractivity contribution in [3.63, 3.8) is 0 Å². The monoisotopic (exact) mass is 376 g/mol. The summed E-state index contributed by atoms with van der Waals surface area (Å²) in [5, 5.41) is 4.02. The molecule has 9 nitrogen and oxygen atoms in total. The molecule has 26 heavy (non-hydrogen) atoms. The number of nitrogens with one attached hydrogen (secondary N) is 1. The molecular formula is C16H20N6O3S. The molecule has 1 saturated heterocycles. The quantitative estimate of drug-likeness (QED) is 0.750. The van der Waals surface area contributed by atoms with E-state index in [2.05, 4.69) is 14.8 Å². The Morgan fingerprint density at radius 3 is 2.88 bits per heavy atom. The molecule has 0 saturated carbocycles. The Morgan fingerprint density at radius 2 is 2.15 bits per heavy atom. The Kier molecular flexibility index (Phi) is 3.60. The number of hydrogen-bond acceptors (Lipinski definition) is 6. The van der Waals surface area contributed by atoms with E-state index in [1.165, 1.54) is 17.1 Å². The van der Waals surface area contributed by atoms with E-state index in [1.807, 2.05) is 13.8 Å². The Labute approximate surface area is 151 Å². The van der Waals surface area contributed by atoms with Gasteiger partial charge in [0.15, 0.2) is 0 Å². The number of benzene rings is 1. The summed E-state index contributed by atoms with van der Waals surface area (Å²) < 4.78 is 28.7. The molecule has 0 spiro atoms. The minimum Gasteiger partial charge on any atom is -0.338 e. The molecule has 0 aliphatic carbocycles. The minimum atomic E-state index is -3.81. The first kappa shape index (κ1) is 17.0. The summed E-state index contributed by atoms with van der Waals surface area (Å²) >= 11 is 0. The van der Waals surface area contributed by atoms with Crippen molar-refractivity contribution in [1.29, 1.82) is 0 Å². The highest BCUT2D eigenvalue weighted by Crippen LogP contribution is 2.32. The van der Waals surface area contributed by atoms with Gasteiger partial charge in [-0.05, 0) is 30.0 Å². The van der Waals surface area contributed by atoms with Crippen LogP contribution in [0.2, 0.25) is 0 Å². The van der Waals surface area contributed by atoms with Crippen LogP contribution in [-0.2, 0) is 10.0 Å². The lowest BCUT2D eigenvalue weighted by atomic mass is 9.79. The first-order valence-electron chi connectivity index (χ1n) is 8.31. The standard InChI is InChI=1S/C16H20N6O3S/c1-16(2)8-21(6-5-13(16)17)14(23)10-3-4-11-12(7-10)26(24,25)20-15-18-9-19-22(11)15/h3-4,7,9,13H,5-6,8,17H2,1-2H3,(H,18,19,20). The Balaban J connectivity index is 1.71. The number of nitrogens with two attached hydrogens (primary N) is 1. The topological polar surface area (TPSA) is 123 Å². The highest BCUT2D eigenvalue weighted by atomic mass is 32.2. The average Bonchev–Trinajstić information content (AvgIpc) is 3.03. The van der Waals surface area contributed by atoms with Crippen LogP contribution in [0.5, 0.6) is 0 Å². The average molecular weight is 376 g/mol. The van der Waals surface area contributed by atoms with E-state index < -0.39 is 10.0 Å². The first-order valence-corrected chi connectivity index (χ1v) is 9.79. The molecule has 2 aromatic rings. The fourth-order valence-electron chi connectivity index (χ4n) is 3.43. The van der Waals surface area contributed by atoms with E-state index in [4.69, 9.17) is 5.73 Å². The van der Waals surface area contributed by atoms with E-state index in [9.17, 15) is 13.2 Å². The maximum absolute atomic E-state index is 12.9. The van der Waals surface area contributed by atoms with Crippen LogP contribution in [0.15, 0.2) is 29.4 Å². The van der Waals surface area contributed by atoms with Gasteiger partial charge in [0.2, 0.25) is 5.95 Å². The van der Waals surface area contributed by atoms with Gasteiger partial charge in [0.1, 0.15) is 11.2 Å². The second-order valence-electron chi connectivity index (χ2n) is 7.39. The number of sulfonamides is 1. The van der Waals surface area contributed by atoms with Crippen LogP contribution in [0, 0.1) is 5.41 Å². The van der Waals surface area contributed by atoms with Crippen LogP contribution in [0.4, 0.5) is 5.95 Å². The van der Waals surface area contributed by atoms with Gasteiger partial charge in [-0.1, -0.05) is 13.8 Å². The maximum Gasteiger partial charge on any atom is 0.266 e. The molecule has 2 aliphatic rings. The zero-order chi connectivity index (χ0) is 18.7. The summed E-state index contributed by atoms with van der Waals surface area (Å²) in [5.74, 6) is -0.0734. The number of rotatable bonds is 1. The van der Waals surface area contributed by atoms with Crippen LogP contribution in [-0.4, -0.2) is 53.1 Å². The molecule has 1 aromatic heterocycles. The number of nitrogens with zero attached hydrogens (tertiary/aromatic N) is 4. The lowest BCUT2D eigenvalue weighted by molar-refractivity contribution is 0.0533. The van der Waals surface area contributed by atoms with Crippen LogP contribution < -0.4 is 10.5 Å². The summed E-state index contributed by atoms with van der Waals surface area (Å²) in [7, 11) is -3.81. The summed E-state index contributed by atoms with van der Waals surface area (Å²) in [6.45, 7) is 5.15. The van der Waals surface area contributed by atoms with Gasteiger partial charge in [0.25, 0.3) is 15.9 Å². The molecule has 1 amide bonds. The molecule has 10 heteroatoms. The maximum atomic E-state index is 12.9. The Morgan fingerprint density at radius 1 is 1.38 bits per heavy atom. The minimum absolute atomic E-state index is 0.00863. The van der Waals surface area contributed by atoms with Crippen molar-refractivity contribution in [2.75, 3.05) is 17.8 Å². The van der Waals surface area contributed by atoms with Crippen LogP contribution in [0.1, 0.15) is 30.6 Å². The van der Waals surface area contributed by atoms with Crippen molar-refractivity contribution >= 4 is 21.9 Å². The third-order valence-corrected chi connectivity index (χ3v) is 6.45. The Bertz CT molecular complexity index is 997. The van der Waals surface area contributed by atoms with Crippen molar-refractivity contribution in [3.05, 3.63) is 30.1 Å². The van der Waals surface area contributed by atoms with Crippen molar-refractivity contribution in [1.82, 2.24) is 19.7 Å². The molecule has 4 rings (SSSR count). The number of fused-ring (bicyclic) bond motifs is 3. The van der Waals surface area contributed by atoms with E-state index >= 15 is 0 Å². The predicted octanol–water partition coefficient (Wildman–Crippen LogP) is 0.581. The van der Waals surface area contributed by atoms with Gasteiger partial charge in [0.05, 0.1) is 5.69 Å². The van der Waals surface area contributed by atoms with Gasteiger partial charge in [-0.3, -0.25) is 4.79 Å². The van der Waals surface area contributed by atoms with E-state index in [0.29, 0.717) is 30.8 Å². The van der Waals surface area contributed by atoms with E-state index in [-0.39, 0.29) is 28.2 Å². The van der Waals surface area contributed by atoms with Crippen molar-refractivity contribution in [2.24, 2.45) is 11.1 Å². The molecule has 3 heterocycles. The SMILES string of the molecule is CC1(C)CN(C(=O)c2ccc3c(c2)S(=O)(=O)Nc2ncnn2-3)CCC1N. The van der Waals surface area contributed by atoms with Gasteiger partial charge >= 0.3 is 0 Å². The van der Waals surface area contributed by atoms with Gasteiger partial charge in [-0.25, -0.2) is 13.1 Å². The van der Waals surface area contributed by atoms with Gasteiger partial charge < -0.3 is 10.6 Å². The van der Waals surface area contributed by atoms with Gasteiger partial charge in [0, 0.05) is 24.7 Å². The lowest BCUT2D eigenvalue weighted by Crippen LogP contribution is -2.54. The lowest BCUT2D eigenvalue weighted by Gasteiger charge is -2.42. The number of anilines is 1. The zero-order valence-corrected chi connectivity index (χ0v) is 15.3. The zero-order valence-electron chi connectivity index (χ0n) is 14.5. The summed E-state index contributed by atoms with van der Waals surface area (Å²) in [5.41, 5.74) is 6.64. The van der Waals surface area contributed by atoms with E-state index in [1.54, 1.807) is 17.0 Å². The predicted molar refractivity (Wildman–Crippen MR) is 94.4 cm³/mol. The number of piperidine rings is 1. The molecular weight excluding hydrogens is 356 g/mol. The van der Waals surface area contributed by atoms with Crippen LogP contribution in [0.25, 0.3) is 5.69 Å². The number of carbonyl (C=O) groups excluding carboxylic acids is 1. The second-order valence-corrected chi connectivity index (χ2v) is 9.04. The van der Waals surface area contributed by atoms with Gasteiger partial charge in [-0.2, -0.15) is 14.8 Å². The molecule has 0 bridgehead atoms. The molecule has 0 radical (unpaired) electrons. The third kappa shape index (κ3) is 2.56. The first-order chi connectivity index (χ1) is 12.2. The number of aromatic nitrogens is 3. The highest BCUT2D eigenvalue weighted by Gasteiger charge is 2.36. The van der Waals surface area contributed by atoms with Crippen LogP contribution in [0.3, 0.4) is 0 Å². The van der Waals surface area contributed by atoms with Crippen molar-refractivity contribution < 1.29 is 13.2 Å². The normalized spacial score (nSPS) is 22.9. The Hall–Kier alpha value is -2.46. The fourth-order valence-corrected chi connectivity index (χ4v) is 4.63. The molecule has 1 fully saturated rings. The number of amides is 1. The summed E-state index contributed by atoms with van der Waals surface area (Å²) in [4.78, 5) is 18.5.